The minimum atomic E-state index is -2.41. The van der Waals surface area contributed by atoms with Gasteiger partial charge in [0.05, 0.1) is 0 Å². The third-order valence-electron chi connectivity index (χ3n) is 4.83. The lowest BCUT2D eigenvalue weighted by atomic mass is 9.86. The minimum Gasteiger partial charge on any atom is -0.755 e. The molecule has 0 saturated carbocycles. The molecule has 0 heterocycles. The molecule has 0 aromatic heterocycles. The van der Waals surface area contributed by atoms with Crippen LogP contribution in [0.5, 0.6) is 0 Å². The maximum atomic E-state index is 13.4. The van der Waals surface area contributed by atoms with Crippen LogP contribution in [-0.4, -0.2) is 26.3 Å². The van der Waals surface area contributed by atoms with E-state index in [0.29, 0.717) is 24.1 Å². The highest BCUT2D eigenvalue weighted by Gasteiger charge is 2.15. The highest BCUT2D eigenvalue weighted by molar-refractivity contribution is 7.80. The van der Waals surface area contributed by atoms with Crippen LogP contribution in [0.25, 0.3) is 0 Å². The van der Waals surface area contributed by atoms with Gasteiger partial charge in [0.1, 0.15) is 12.4 Å². The van der Waals surface area contributed by atoms with Gasteiger partial charge in [-0.3, -0.25) is 9.00 Å². The van der Waals surface area contributed by atoms with Gasteiger partial charge >= 0.3 is 0 Å². The summed E-state index contributed by atoms with van der Waals surface area (Å²) in [5.74, 6) is -0.699. The number of anilines is 1. The normalized spacial score (nSPS) is 12.9. The van der Waals surface area contributed by atoms with Gasteiger partial charge in [-0.2, -0.15) is 0 Å². The standard InChI is InChI=1S/C23H22FNO4S/c24-21-9-7-18(8-10-21)20(12-16-3-1-5-19(11-16)23(27)15-26)13-17-4-2-6-22(14-17)25-30(28)29/h1-11,14,20,25-26H,12-13,15H2,(H,28,29)/p-1. The van der Waals surface area contributed by atoms with Gasteiger partial charge in [0.25, 0.3) is 0 Å². The van der Waals surface area contributed by atoms with Crippen molar-refractivity contribution in [1.82, 2.24) is 0 Å². The first-order valence-corrected chi connectivity index (χ1v) is 10.5. The van der Waals surface area contributed by atoms with Crippen LogP contribution in [0.2, 0.25) is 0 Å². The summed E-state index contributed by atoms with van der Waals surface area (Å²) in [6.45, 7) is -0.550. The highest BCUT2D eigenvalue weighted by atomic mass is 32.2. The summed E-state index contributed by atoms with van der Waals surface area (Å²) in [7, 11) is 0. The van der Waals surface area contributed by atoms with Crippen molar-refractivity contribution in [3.63, 3.8) is 0 Å². The van der Waals surface area contributed by atoms with Gasteiger partial charge < -0.3 is 14.4 Å². The Kier molecular flexibility index (Phi) is 7.46. The topological polar surface area (TPSA) is 89.5 Å². The van der Waals surface area contributed by atoms with Crippen molar-refractivity contribution in [3.05, 3.63) is 101 Å². The Morgan fingerprint density at radius 2 is 1.63 bits per heavy atom. The van der Waals surface area contributed by atoms with Crippen LogP contribution in [-0.2, 0) is 24.1 Å². The number of carbonyl (C=O) groups is 1. The minimum absolute atomic E-state index is 0.0296. The maximum Gasteiger partial charge on any atom is 0.188 e. The first-order chi connectivity index (χ1) is 14.4. The van der Waals surface area contributed by atoms with E-state index in [9.17, 15) is 17.9 Å². The van der Waals surface area contributed by atoms with Crippen molar-refractivity contribution in [2.45, 2.75) is 18.8 Å². The number of aliphatic hydroxyl groups excluding tert-OH is 1. The van der Waals surface area contributed by atoms with Crippen molar-refractivity contribution >= 4 is 22.7 Å². The molecule has 2 atom stereocenters. The van der Waals surface area contributed by atoms with Crippen molar-refractivity contribution in [3.8, 4) is 0 Å². The smallest absolute Gasteiger partial charge is 0.188 e. The van der Waals surface area contributed by atoms with Crippen LogP contribution in [0, 0.1) is 5.82 Å². The molecule has 3 aromatic carbocycles. The Hall–Kier alpha value is -2.87. The molecule has 3 rings (SSSR count). The molecule has 5 nitrogen and oxygen atoms in total. The number of Topliss-reactive ketones (excluding diaryl/α,β-unsaturated/α-hetero) is 1. The Balaban J connectivity index is 1.89. The number of hydrogen-bond donors (Lipinski definition) is 2. The second-order valence-electron chi connectivity index (χ2n) is 6.98. The number of carbonyl (C=O) groups excluding carboxylic acids is 1. The fraction of sp³-hybridized carbons (Fsp3) is 0.174. The first kappa shape index (κ1) is 21.8. The largest absolute Gasteiger partial charge is 0.755 e. The zero-order valence-corrected chi connectivity index (χ0v) is 16.9. The van der Waals surface area contributed by atoms with Crippen LogP contribution in [0.15, 0.2) is 72.8 Å². The number of benzene rings is 3. The summed E-state index contributed by atoms with van der Waals surface area (Å²) >= 11 is -2.41. The van der Waals surface area contributed by atoms with Gasteiger partial charge in [0, 0.05) is 22.5 Å². The highest BCUT2D eigenvalue weighted by Crippen LogP contribution is 2.27. The Morgan fingerprint density at radius 1 is 1.00 bits per heavy atom. The molecule has 0 aliphatic carbocycles. The predicted molar refractivity (Wildman–Crippen MR) is 113 cm³/mol. The molecule has 0 aliphatic rings. The Bertz CT molecular complexity index is 1040. The maximum absolute atomic E-state index is 13.4. The zero-order chi connectivity index (χ0) is 21.5. The summed E-state index contributed by atoms with van der Waals surface area (Å²) < 4.78 is 37.6. The number of nitrogens with one attached hydrogen (secondary N) is 1. The van der Waals surface area contributed by atoms with E-state index >= 15 is 0 Å². The molecule has 30 heavy (non-hydrogen) atoms. The van der Waals surface area contributed by atoms with Gasteiger partial charge in [-0.15, -0.1) is 0 Å². The molecule has 0 aliphatic heterocycles. The predicted octanol–water partition coefficient (Wildman–Crippen LogP) is 3.78. The number of aliphatic hydroxyl groups is 1. The van der Waals surface area contributed by atoms with Crippen LogP contribution in [0.3, 0.4) is 0 Å². The quantitative estimate of drug-likeness (QED) is 0.403. The number of hydrogen-bond acceptors (Lipinski definition) is 4. The van der Waals surface area contributed by atoms with Crippen molar-refractivity contribution in [2.75, 3.05) is 11.3 Å². The van der Waals surface area contributed by atoms with E-state index < -0.39 is 17.9 Å². The van der Waals surface area contributed by atoms with Gasteiger partial charge in [-0.1, -0.05) is 42.5 Å². The monoisotopic (exact) mass is 426 g/mol. The van der Waals surface area contributed by atoms with E-state index in [1.165, 1.54) is 12.1 Å². The van der Waals surface area contributed by atoms with Crippen molar-refractivity contribution in [1.29, 1.82) is 0 Å². The molecule has 0 bridgehead atoms. The first-order valence-electron chi connectivity index (χ1n) is 9.38. The van der Waals surface area contributed by atoms with Crippen LogP contribution >= 0.6 is 0 Å². The third-order valence-corrected chi connectivity index (χ3v) is 5.23. The van der Waals surface area contributed by atoms with Gasteiger partial charge in [-0.25, -0.2) is 4.39 Å². The van der Waals surface area contributed by atoms with Crippen LogP contribution in [0.1, 0.15) is 33.0 Å². The van der Waals surface area contributed by atoms with E-state index in [1.54, 1.807) is 48.5 Å². The molecular formula is C23H21FNO4S-. The lowest BCUT2D eigenvalue weighted by Crippen LogP contribution is -2.09. The number of ketones is 1. The molecule has 7 heteroatoms. The Labute approximate surface area is 177 Å². The molecule has 0 amide bonds. The molecule has 156 valence electrons. The molecular weight excluding hydrogens is 405 g/mol. The summed E-state index contributed by atoms with van der Waals surface area (Å²) in [6.07, 6.45) is 1.17. The summed E-state index contributed by atoms with van der Waals surface area (Å²) in [6, 6.07) is 20.5. The zero-order valence-electron chi connectivity index (χ0n) is 16.1. The molecule has 0 saturated heterocycles. The third kappa shape index (κ3) is 6.06. The molecule has 0 spiro atoms. The molecule has 2 N–H and O–H groups in total. The number of halogens is 1. The lowest BCUT2D eigenvalue weighted by molar-refractivity contribution is 0.0903. The second-order valence-corrected chi connectivity index (χ2v) is 7.65. The van der Waals surface area contributed by atoms with Crippen molar-refractivity contribution in [2.24, 2.45) is 0 Å². The fourth-order valence-corrected chi connectivity index (χ4v) is 3.75. The molecule has 2 unspecified atom stereocenters. The van der Waals surface area contributed by atoms with E-state index in [4.69, 9.17) is 5.11 Å². The summed E-state index contributed by atoms with van der Waals surface area (Å²) in [4.78, 5) is 11.8. The lowest BCUT2D eigenvalue weighted by Gasteiger charge is -2.19. The average Bonchev–Trinajstić information content (AvgIpc) is 2.73. The SMILES string of the molecule is O=C(CO)c1cccc(CC(Cc2cccc(NS(=O)[O-])c2)c2ccc(F)cc2)c1. The van der Waals surface area contributed by atoms with E-state index in [2.05, 4.69) is 4.72 Å². The Morgan fingerprint density at radius 3 is 2.27 bits per heavy atom. The van der Waals surface area contributed by atoms with E-state index in [-0.39, 0.29) is 17.5 Å². The fourth-order valence-electron chi connectivity index (χ4n) is 3.43. The van der Waals surface area contributed by atoms with Gasteiger partial charge in [0.15, 0.2) is 5.78 Å². The number of rotatable bonds is 9. The molecule has 3 aromatic rings. The van der Waals surface area contributed by atoms with E-state index in [0.717, 1.165) is 16.7 Å². The molecule has 0 radical (unpaired) electrons. The van der Waals surface area contributed by atoms with Gasteiger partial charge in [-0.05, 0) is 65.8 Å². The average molecular weight is 426 g/mol. The summed E-state index contributed by atoms with van der Waals surface area (Å²) in [5, 5.41) is 9.11. The summed E-state index contributed by atoms with van der Waals surface area (Å²) in [5.41, 5.74) is 3.67. The second kappa shape index (κ2) is 10.2. The van der Waals surface area contributed by atoms with Crippen LogP contribution < -0.4 is 4.72 Å². The van der Waals surface area contributed by atoms with E-state index in [1.807, 2.05) is 12.1 Å². The van der Waals surface area contributed by atoms with Gasteiger partial charge in [0.2, 0.25) is 0 Å². The van der Waals surface area contributed by atoms with Crippen molar-refractivity contribution < 1.29 is 23.1 Å². The van der Waals surface area contributed by atoms with Crippen LogP contribution in [0.4, 0.5) is 10.1 Å². The molecule has 0 fully saturated rings.